The Morgan fingerprint density at radius 3 is 2.35 bits per heavy atom. The van der Waals surface area contributed by atoms with Crippen molar-refractivity contribution in [3.8, 4) is 0 Å². The van der Waals surface area contributed by atoms with Crippen molar-refractivity contribution in [1.29, 1.82) is 0 Å². The standard InChI is InChI=1S/C27H34N2O2/c1-27(26(31)28-23-15-8-3-2-4-9-16-23)20-22-14-10-11-17-24(22)25(30)29(27)19-18-21-12-6-5-7-13-21/h5-7,10-14,17,23H,2-4,8-9,15-16,18-20H2,1H3,(H,28,31). The molecule has 0 radical (unpaired) electrons. The molecule has 1 saturated carbocycles. The summed E-state index contributed by atoms with van der Waals surface area (Å²) in [6, 6.07) is 18.1. The third-order valence-corrected chi connectivity index (χ3v) is 7.02. The maximum atomic E-state index is 13.7. The molecule has 4 rings (SSSR count). The molecule has 0 bridgehead atoms. The first-order valence-corrected chi connectivity index (χ1v) is 11.8. The highest BCUT2D eigenvalue weighted by molar-refractivity contribution is 6.02. The SMILES string of the molecule is CC1(C(=O)NC2CCCCCCC2)Cc2ccccc2C(=O)N1CCc1ccccc1. The molecular formula is C27H34N2O2. The Kier molecular flexibility index (Phi) is 6.74. The summed E-state index contributed by atoms with van der Waals surface area (Å²) in [7, 11) is 0. The van der Waals surface area contributed by atoms with Crippen LogP contribution < -0.4 is 5.32 Å². The molecule has 4 nitrogen and oxygen atoms in total. The van der Waals surface area contributed by atoms with E-state index in [4.69, 9.17) is 0 Å². The van der Waals surface area contributed by atoms with Crippen molar-refractivity contribution in [3.63, 3.8) is 0 Å². The van der Waals surface area contributed by atoms with Gasteiger partial charge in [-0.1, -0.05) is 80.6 Å². The van der Waals surface area contributed by atoms with Gasteiger partial charge >= 0.3 is 0 Å². The van der Waals surface area contributed by atoms with Gasteiger partial charge in [-0.3, -0.25) is 9.59 Å². The van der Waals surface area contributed by atoms with Gasteiger partial charge in [0.1, 0.15) is 5.54 Å². The summed E-state index contributed by atoms with van der Waals surface area (Å²) in [4.78, 5) is 29.0. The van der Waals surface area contributed by atoms with Crippen molar-refractivity contribution < 1.29 is 9.59 Å². The van der Waals surface area contributed by atoms with Crippen LogP contribution in [-0.2, 0) is 17.6 Å². The number of nitrogens with one attached hydrogen (secondary N) is 1. The van der Waals surface area contributed by atoms with E-state index in [1.807, 2.05) is 54.3 Å². The zero-order valence-electron chi connectivity index (χ0n) is 18.6. The summed E-state index contributed by atoms with van der Waals surface area (Å²) in [5.74, 6) is -0.0397. The van der Waals surface area contributed by atoms with Gasteiger partial charge in [-0.15, -0.1) is 0 Å². The van der Waals surface area contributed by atoms with Crippen LogP contribution in [0.4, 0.5) is 0 Å². The summed E-state index contributed by atoms with van der Waals surface area (Å²) in [5.41, 5.74) is 2.00. The predicted octanol–water partition coefficient (Wildman–Crippen LogP) is 4.92. The van der Waals surface area contributed by atoms with Gasteiger partial charge in [-0.25, -0.2) is 0 Å². The molecule has 1 unspecified atom stereocenters. The molecule has 1 aliphatic carbocycles. The van der Waals surface area contributed by atoms with Crippen molar-refractivity contribution in [2.75, 3.05) is 6.54 Å². The average Bonchev–Trinajstić information content (AvgIpc) is 2.76. The number of hydrogen-bond acceptors (Lipinski definition) is 2. The van der Waals surface area contributed by atoms with Gasteiger partial charge in [0, 0.05) is 24.6 Å². The molecule has 2 amide bonds. The number of hydrogen-bond donors (Lipinski definition) is 1. The van der Waals surface area contributed by atoms with Crippen LogP contribution in [0.15, 0.2) is 54.6 Å². The molecule has 4 heteroatoms. The molecule has 2 aliphatic rings. The van der Waals surface area contributed by atoms with Crippen molar-refractivity contribution in [1.82, 2.24) is 10.2 Å². The monoisotopic (exact) mass is 418 g/mol. The zero-order chi connectivity index (χ0) is 21.7. The maximum Gasteiger partial charge on any atom is 0.255 e. The molecule has 2 aromatic rings. The highest BCUT2D eigenvalue weighted by Crippen LogP contribution is 2.32. The van der Waals surface area contributed by atoms with Gasteiger partial charge in [0.25, 0.3) is 5.91 Å². The molecule has 0 aromatic heterocycles. The Morgan fingerprint density at radius 2 is 1.61 bits per heavy atom. The molecule has 1 N–H and O–H groups in total. The van der Waals surface area contributed by atoms with Crippen molar-refractivity contribution in [2.24, 2.45) is 0 Å². The predicted molar refractivity (Wildman–Crippen MR) is 124 cm³/mol. The lowest BCUT2D eigenvalue weighted by Crippen LogP contribution is -2.64. The molecule has 0 saturated heterocycles. The highest BCUT2D eigenvalue weighted by atomic mass is 16.2. The smallest absolute Gasteiger partial charge is 0.255 e. The van der Waals surface area contributed by atoms with Crippen molar-refractivity contribution in [2.45, 2.75) is 76.3 Å². The fraction of sp³-hybridized carbons (Fsp3) is 0.481. The lowest BCUT2D eigenvalue weighted by atomic mass is 9.82. The van der Waals surface area contributed by atoms with E-state index in [0.717, 1.165) is 30.4 Å². The Bertz CT molecular complexity index is 902. The largest absolute Gasteiger partial charge is 0.351 e. The van der Waals surface area contributed by atoms with Gasteiger partial charge in [0.05, 0.1) is 0 Å². The second-order valence-electron chi connectivity index (χ2n) is 9.32. The molecular weight excluding hydrogens is 384 g/mol. The minimum absolute atomic E-state index is 0.00557. The summed E-state index contributed by atoms with van der Waals surface area (Å²) in [5, 5.41) is 3.34. The Balaban J connectivity index is 1.57. The van der Waals surface area contributed by atoms with E-state index in [-0.39, 0.29) is 17.9 Å². The van der Waals surface area contributed by atoms with E-state index in [2.05, 4.69) is 17.4 Å². The number of fused-ring (bicyclic) bond motifs is 1. The normalized spacial score (nSPS) is 22.4. The Labute approximate surface area is 186 Å². The lowest BCUT2D eigenvalue weighted by molar-refractivity contribution is -0.132. The summed E-state index contributed by atoms with van der Waals surface area (Å²) in [6.45, 7) is 2.48. The van der Waals surface area contributed by atoms with Crippen LogP contribution >= 0.6 is 0 Å². The minimum atomic E-state index is -0.872. The van der Waals surface area contributed by atoms with Crippen LogP contribution in [0.5, 0.6) is 0 Å². The van der Waals surface area contributed by atoms with Gasteiger partial charge < -0.3 is 10.2 Å². The lowest BCUT2D eigenvalue weighted by Gasteiger charge is -2.44. The van der Waals surface area contributed by atoms with E-state index >= 15 is 0 Å². The molecule has 2 aromatic carbocycles. The van der Waals surface area contributed by atoms with E-state index in [0.29, 0.717) is 13.0 Å². The van der Waals surface area contributed by atoms with Crippen molar-refractivity contribution in [3.05, 3.63) is 71.3 Å². The van der Waals surface area contributed by atoms with Crippen LogP contribution in [0.1, 0.15) is 73.4 Å². The quantitative estimate of drug-likeness (QED) is 0.750. The fourth-order valence-electron chi connectivity index (χ4n) is 5.10. The average molecular weight is 419 g/mol. The van der Waals surface area contributed by atoms with Crippen LogP contribution in [-0.4, -0.2) is 34.8 Å². The topological polar surface area (TPSA) is 49.4 Å². The first kappa shape index (κ1) is 21.6. The minimum Gasteiger partial charge on any atom is -0.351 e. The number of nitrogens with zero attached hydrogens (tertiary/aromatic N) is 1. The molecule has 1 aliphatic heterocycles. The van der Waals surface area contributed by atoms with Gasteiger partial charge in [-0.05, 0) is 43.4 Å². The maximum absolute atomic E-state index is 13.7. The fourth-order valence-corrected chi connectivity index (χ4v) is 5.10. The van der Waals surface area contributed by atoms with Crippen LogP contribution in [0, 0.1) is 0 Å². The second kappa shape index (κ2) is 9.67. The number of benzene rings is 2. The Hall–Kier alpha value is -2.62. The third kappa shape index (κ3) is 4.84. The van der Waals surface area contributed by atoms with Gasteiger partial charge in [0.2, 0.25) is 5.91 Å². The van der Waals surface area contributed by atoms with E-state index in [9.17, 15) is 9.59 Å². The Morgan fingerprint density at radius 1 is 0.968 bits per heavy atom. The third-order valence-electron chi connectivity index (χ3n) is 7.02. The molecule has 164 valence electrons. The van der Waals surface area contributed by atoms with Crippen molar-refractivity contribution >= 4 is 11.8 Å². The molecule has 1 fully saturated rings. The first-order chi connectivity index (χ1) is 15.1. The van der Waals surface area contributed by atoms with E-state index in [1.54, 1.807) is 0 Å². The number of carbonyl (C=O) groups excluding carboxylic acids is 2. The highest BCUT2D eigenvalue weighted by Gasteiger charge is 2.46. The number of amides is 2. The van der Waals surface area contributed by atoms with Crippen LogP contribution in [0.2, 0.25) is 0 Å². The van der Waals surface area contributed by atoms with E-state index in [1.165, 1.54) is 37.7 Å². The number of rotatable bonds is 5. The second-order valence-corrected chi connectivity index (χ2v) is 9.32. The molecule has 0 spiro atoms. The summed E-state index contributed by atoms with van der Waals surface area (Å²) >= 11 is 0. The number of carbonyl (C=O) groups is 2. The molecule has 1 atom stereocenters. The van der Waals surface area contributed by atoms with Crippen LogP contribution in [0.3, 0.4) is 0 Å². The van der Waals surface area contributed by atoms with Gasteiger partial charge in [0.15, 0.2) is 0 Å². The molecule has 1 heterocycles. The van der Waals surface area contributed by atoms with E-state index < -0.39 is 5.54 Å². The molecule has 31 heavy (non-hydrogen) atoms. The van der Waals surface area contributed by atoms with Gasteiger partial charge in [-0.2, -0.15) is 0 Å². The van der Waals surface area contributed by atoms with Crippen LogP contribution in [0.25, 0.3) is 0 Å². The zero-order valence-corrected chi connectivity index (χ0v) is 18.6. The summed E-state index contributed by atoms with van der Waals surface area (Å²) in [6.07, 6.45) is 9.51. The summed E-state index contributed by atoms with van der Waals surface area (Å²) < 4.78 is 0. The first-order valence-electron chi connectivity index (χ1n) is 11.8.